The smallest absolute Gasteiger partial charge is 0.238 e. The van der Waals surface area contributed by atoms with Crippen molar-refractivity contribution in [3.05, 3.63) is 52.5 Å². The molecule has 0 spiro atoms. The lowest BCUT2D eigenvalue weighted by atomic mass is 10.1. The first kappa shape index (κ1) is 19.1. The lowest BCUT2D eigenvalue weighted by Crippen LogP contribution is -2.29. The van der Waals surface area contributed by atoms with E-state index in [4.69, 9.17) is 21.1 Å². The molecule has 0 heterocycles. The third-order valence-electron chi connectivity index (χ3n) is 3.79. The Labute approximate surface area is 153 Å². The predicted molar refractivity (Wildman–Crippen MR) is 101 cm³/mol. The van der Waals surface area contributed by atoms with Crippen LogP contribution < -0.4 is 20.1 Å². The molecule has 2 aromatic carbocycles. The Hall–Kier alpha value is -2.24. The number of ether oxygens (including phenoxy) is 2. The highest BCUT2D eigenvalue weighted by Crippen LogP contribution is 2.27. The molecule has 0 unspecified atom stereocenters. The lowest BCUT2D eigenvalue weighted by Gasteiger charge is -2.11. The maximum absolute atomic E-state index is 12.0. The van der Waals surface area contributed by atoms with E-state index in [2.05, 4.69) is 10.6 Å². The molecule has 0 aromatic heterocycles. The van der Waals surface area contributed by atoms with Crippen LogP contribution in [0.4, 0.5) is 5.69 Å². The number of amides is 1. The zero-order chi connectivity index (χ0) is 18.2. The molecule has 6 heteroatoms. The van der Waals surface area contributed by atoms with Crippen LogP contribution in [0, 0.1) is 6.92 Å². The van der Waals surface area contributed by atoms with Gasteiger partial charge in [-0.15, -0.1) is 0 Å². The number of carbonyl (C=O) groups is 1. The van der Waals surface area contributed by atoms with E-state index >= 15 is 0 Å². The van der Waals surface area contributed by atoms with Crippen LogP contribution in [0.25, 0.3) is 0 Å². The first-order valence-electron chi connectivity index (χ1n) is 8.01. The molecule has 2 aromatic rings. The molecule has 2 N–H and O–H groups in total. The minimum atomic E-state index is -0.0854. The van der Waals surface area contributed by atoms with Gasteiger partial charge in [0, 0.05) is 10.7 Å². The number of hydrogen-bond acceptors (Lipinski definition) is 4. The van der Waals surface area contributed by atoms with Gasteiger partial charge in [0.25, 0.3) is 0 Å². The number of methoxy groups -OCH3 is 2. The molecule has 0 fully saturated rings. The standard InChI is InChI=1S/C19H23ClN2O3/c1-13-10-15(20)5-6-16(13)22-19(23)12-21-9-8-14-4-7-17(24-2)18(11-14)25-3/h4-7,10-11,21H,8-9,12H2,1-3H3,(H,22,23). The molecule has 0 aliphatic heterocycles. The average Bonchev–Trinajstić information content (AvgIpc) is 2.61. The zero-order valence-electron chi connectivity index (χ0n) is 14.7. The van der Waals surface area contributed by atoms with Crippen LogP contribution in [-0.4, -0.2) is 33.2 Å². The van der Waals surface area contributed by atoms with Crippen molar-refractivity contribution in [3.8, 4) is 11.5 Å². The molecular weight excluding hydrogens is 340 g/mol. The fourth-order valence-electron chi connectivity index (χ4n) is 2.43. The third kappa shape index (κ3) is 5.66. The van der Waals surface area contributed by atoms with Crippen molar-refractivity contribution in [2.75, 3.05) is 32.6 Å². The summed E-state index contributed by atoms with van der Waals surface area (Å²) in [4.78, 5) is 12.0. The number of rotatable bonds is 8. The summed E-state index contributed by atoms with van der Waals surface area (Å²) < 4.78 is 10.5. The lowest BCUT2D eigenvalue weighted by molar-refractivity contribution is -0.115. The Kier molecular flexibility index (Phi) is 7.10. The van der Waals surface area contributed by atoms with Gasteiger partial charge in [0.2, 0.25) is 5.91 Å². The summed E-state index contributed by atoms with van der Waals surface area (Å²) in [6.07, 6.45) is 0.785. The van der Waals surface area contributed by atoms with E-state index in [0.29, 0.717) is 23.1 Å². The van der Waals surface area contributed by atoms with Crippen molar-refractivity contribution in [1.29, 1.82) is 0 Å². The van der Waals surface area contributed by atoms with E-state index < -0.39 is 0 Å². The third-order valence-corrected chi connectivity index (χ3v) is 4.02. The molecule has 25 heavy (non-hydrogen) atoms. The Morgan fingerprint density at radius 2 is 1.84 bits per heavy atom. The molecule has 0 saturated carbocycles. The van der Waals surface area contributed by atoms with Gasteiger partial charge in [-0.25, -0.2) is 0 Å². The topological polar surface area (TPSA) is 59.6 Å². The summed E-state index contributed by atoms with van der Waals surface area (Å²) in [6.45, 7) is 2.84. The summed E-state index contributed by atoms with van der Waals surface area (Å²) in [7, 11) is 3.23. The van der Waals surface area contributed by atoms with Gasteiger partial charge in [0.05, 0.1) is 20.8 Å². The second-order valence-electron chi connectivity index (χ2n) is 5.62. The molecule has 0 aliphatic rings. The molecular formula is C19H23ClN2O3. The van der Waals surface area contributed by atoms with E-state index in [-0.39, 0.29) is 12.5 Å². The molecule has 1 amide bonds. The van der Waals surface area contributed by atoms with Crippen LogP contribution in [0.1, 0.15) is 11.1 Å². The van der Waals surface area contributed by atoms with E-state index in [9.17, 15) is 4.79 Å². The molecule has 134 valence electrons. The largest absolute Gasteiger partial charge is 0.493 e. The molecule has 0 saturated heterocycles. The van der Waals surface area contributed by atoms with Gasteiger partial charge in [-0.1, -0.05) is 17.7 Å². The first-order valence-corrected chi connectivity index (χ1v) is 8.39. The molecule has 0 atom stereocenters. The van der Waals surface area contributed by atoms with Gasteiger partial charge in [0.15, 0.2) is 11.5 Å². The van der Waals surface area contributed by atoms with E-state index in [1.165, 1.54) is 0 Å². The number of benzene rings is 2. The van der Waals surface area contributed by atoms with Gasteiger partial charge < -0.3 is 20.1 Å². The van der Waals surface area contributed by atoms with Crippen LogP contribution >= 0.6 is 11.6 Å². The van der Waals surface area contributed by atoms with Gasteiger partial charge in [-0.2, -0.15) is 0 Å². The Morgan fingerprint density at radius 1 is 1.08 bits per heavy atom. The maximum atomic E-state index is 12.0. The highest BCUT2D eigenvalue weighted by molar-refractivity contribution is 6.30. The van der Waals surface area contributed by atoms with Crippen molar-refractivity contribution >= 4 is 23.2 Å². The average molecular weight is 363 g/mol. The Balaban J connectivity index is 1.78. The monoisotopic (exact) mass is 362 g/mol. The minimum absolute atomic E-state index is 0.0854. The highest BCUT2D eigenvalue weighted by Gasteiger charge is 2.06. The van der Waals surface area contributed by atoms with E-state index in [0.717, 1.165) is 23.2 Å². The maximum Gasteiger partial charge on any atom is 0.238 e. The van der Waals surface area contributed by atoms with Crippen LogP contribution in [0.2, 0.25) is 5.02 Å². The number of hydrogen-bond donors (Lipinski definition) is 2. The summed E-state index contributed by atoms with van der Waals surface area (Å²) in [5.41, 5.74) is 2.82. The summed E-state index contributed by atoms with van der Waals surface area (Å²) in [6, 6.07) is 11.2. The van der Waals surface area contributed by atoms with Gasteiger partial charge in [0.1, 0.15) is 0 Å². The second kappa shape index (κ2) is 9.30. The molecule has 0 bridgehead atoms. The number of halogens is 1. The zero-order valence-corrected chi connectivity index (χ0v) is 15.4. The highest BCUT2D eigenvalue weighted by atomic mass is 35.5. The van der Waals surface area contributed by atoms with Crippen molar-refractivity contribution in [2.45, 2.75) is 13.3 Å². The fraction of sp³-hybridized carbons (Fsp3) is 0.316. The van der Waals surface area contributed by atoms with Crippen molar-refractivity contribution in [1.82, 2.24) is 5.32 Å². The molecule has 0 radical (unpaired) electrons. The first-order chi connectivity index (χ1) is 12.0. The van der Waals surface area contributed by atoms with Crippen LogP contribution in [0.15, 0.2) is 36.4 Å². The Bertz CT molecular complexity index is 735. The van der Waals surface area contributed by atoms with E-state index in [1.54, 1.807) is 26.4 Å². The van der Waals surface area contributed by atoms with Gasteiger partial charge in [-0.3, -0.25) is 4.79 Å². The number of carbonyl (C=O) groups excluding carboxylic acids is 1. The number of nitrogens with one attached hydrogen (secondary N) is 2. The van der Waals surface area contributed by atoms with Crippen molar-refractivity contribution in [2.24, 2.45) is 0 Å². The van der Waals surface area contributed by atoms with Crippen molar-refractivity contribution in [3.63, 3.8) is 0 Å². The number of aryl methyl sites for hydroxylation is 1. The van der Waals surface area contributed by atoms with Crippen LogP contribution in [0.3, 0.4) is 0 Å². The Morgan fingerprint density at radius 3 is 2.52 bits per heavy atom. The molecule has 0 aliphatic carbocycles. The second-order valence-corrected chi connectivity index (χ2v) is 6.06. The quantitative estimate of drug-likeness (QED) is 0.706. The minimum Gasteiger partial charge on any atom is -0.493 e. The molecule has 2 rings (SSSR count). The van der Waals surface area contributed by atoms with E-state index in [1.807, 2.05) is 31.2 Å². The SMILES string of the molecule is COc1ccc(CCNCC(=O)Nc2ccc(Cl)cc2C)cc1OC. The van der Waals surface area contributed by atoms with Gasteiger partial charge in [-0.05, 0) is 61.3 Å². The predicted octanol–water partition coefficient (Wildman–Crippen LogP) is 3.44. The normalized spacial score (nSPS) is 10.4. The summed E-state index contributed by atoms with van der Waals surface area (Å²) >= 11 is 5.91. The number of anilines is 1. The summed E-state index contributed by atoms with van der Waals surface area (Å²) in [5, 5.41) is 6.67. The van der Waals surface area contributed by atoms with Crippen LogP contribution in [0.5, 0.6) is 11.5 Å². The molecule has 5 nitrogen and oxygen atoms in total. The van der Waals surface area contributed by atoms with Crippen LogP contribution in [-0.2, 0) is 11.2 Å². The fourth-order valence-corrected chi connectivity index (χ4v) is 2.66. The summed E-state index contributed by atoms with van der Waals surface area (Å²) in [5.74, 6) is 1.32. The van der Waals surface area contributed by atoms with Gasteiger partial charge >= 0.3 is 0 Å². The van der Waals surface area contributed by atoms with Crippen molar-refractivity contribution < 1.29 is 14.3 Å².